The zero-order valence-electron chi connectivity index (χ0n) is 6.21. The summed E-state index contributed by atoms with van der Waals surface area (Å²) in [5.74, 6) is 0.891. The molecule has 0 saturated heterocycles. The lowest BCUT2D eigenvalue weighted by Crippen LogP contribution is -1.89. The van der Waals surface area contributed by atoms with E-state index in [4.69, 9.17) is 15.4 Å². The maximum Gasteiger partial charge on any atom is 0.119 e. The first-order chi connectivity index (χ1) is 5.36. The fourth-order valence-electron chi connectivity index (χ4n) is 0.754. The minimum absolute atomic E-state index is 0.702. The van der Waals surface area contributed by atoms with Crippen LogP contribution in [-0.2, 0) is 0 Å². The van der Waals surface area contributed by atoms with Crippen LogP contribution >= 0.6 is 21.7 Å². The highest BCUT2D eigenvalue weighted by Crippen LogP contribution is 2.23. The summed E-state index contributed by atoms with van der Waals surface area (Å²) in [5.41, 5.74) is 0. The summed E-state index contributed by atoms with van der Waals surface area (Å²) in [5, 5.41) is 0. The van der Waals surface area contributed by atoms with E-state index in [9.17, 15) is 0 Å². The Bertz CT molecular complexity index is 210. The number of hydrogen-bond acceptors (Lipinski definition) is 2. The summed E-state index contributed by atoms with van der Waals surface area (Å²) in [6, 6.07) is 7.69. The quantitative estimate of drug-likeness (QED) is 0.720. The Hall–Kier alpha value is -0.340. The molecule has 11 heavy (non-hydrogen) atoms. The third-order valence-corrected chi connectivity index (χ3v) is 2.21. The molecule has 0 aromatic heterocycles. The van der Waals surface area contributed by atoms with Crippen LogP contribution in [0.3, 0.4) is 0 Å². The van der Waals surface area contributed by atoms with Crippen molar-refractivity contribution in [3.63, 3.8) is 0 Å². The van der Waals surface area contributed by atoms with E-state index in [1.807, 2.05) is 31.2 Å². The van der Waals surface area contributed by atoms with Crippen molar-refractivity contribution in [3.05, 3.63) is 24.3 Å². The Morgan fingerprint density at radius 3 is 2.45 bits per heavy atom. The number of hydrogen-bond donors (Lipinski definition) is 0. The van der Waals surface area contributed by atoms with Gasteiger partial charge in [-0.05, 0) is 52.8 Å². The zero-order chi connectivity index (χ0) is 8.10. The van der Waals surface area contributed by atoms with E-state index in [-0.39, 0.29) is 0 Å². The first-order valence-corrected chi connectivity index (χ1v) is 5.02. The lowest BCUT2D eigenvalue weighted by atomic mass is 10.3. The molecule has 0 aliphatic rings. The van der Waals surface area contributed by atoms with Gasteiger partial charge in [-0.1, -0.05) is 0 Å². The molecule has 0 heterocycles. The van der Waals surface area contributed by atoms with Crippen molar-refractivity contribution >= 4 is 21.7 Å². The van der Waals surface area contributed by atoms with Crippen LogP contribution in [0, 0.1) is 0 Å². The molecule has 0 radical (unpaired) electrons. The molecule has 0 N–H and O–H groups in total. The lowest BCUT2D eigenvalue weighted by Gasteiger charge is -2.01. The average molecular weight is 189 g/mol. The van der Waals surface area contributed by atoms with Crippen LogP contribution in [0.15, 0.2) is 29.2 Å². The smallest absolute Gasteiger partial charge is 0.119 e. The summed E-state index contributed by atoms with van der Waals surface area (Å²) in [6.45, 7) is 2.66. The zero-order valence-corrected chi connectivity index (χ0v) is 7.78. The van der Waals surface area contributed by atoms with Gasteiger partial charge in [-0.15, -0.1) is 0 Å². The average Bonchev–Trinajstić information content (AvgIpc) is 2.07. The number of ether oxygens (including phenoxy) is 1. The van der Waals surface area contributed by atoms with Gasteiger partial charge in [-0.3, -0.25) is 0 Å². The summed E-state index contributed by atoms with van der Waals surface area (Å²) in [6.07, 6.45) is 0. The molecule has 0 aliphatic heterocycles. The van der Waals surface area contributed by atoms with E-state index in [2.05, 4.69) is 0 Å². The standard InChI is InChI=1S/C8H9ClOS/c1-2-10-7-3-5-8(11-9)6-4-7/h3-6H,2H2,1H3. The van der Waals surface area contributed by atoms with Crippen LogP contribution < -0.4 is 4.74 Å². The van der Waals surface area contributed by atoms with Crippen LogP contribution in [0.4, 0.5) is 0 Å². The number of halogens is 1. The number of rotatable bonds is 3. The Labute approximate surface area is 75.2 Å². The molecule has 0 saturated carbocycles. The van der Waals surface area contributed by atoms with Gasteiger partial charge in [0.05, 0.1) is 6.61 Å². The summed E-state index contributed by atoms with van der Waals surface area (Å²) in [7, 11) is 6.74. The van der Waals surface area contributed by atoms with Crippen molar-refractivity contribution in [1.82, 2.24) is 0 Å². The third-order valence-electron chi connectivity index (χ3n) is 1.22. The Morgan fingerprint density at radius 1 is 1.36 bits per heavy atom. The molecule has 1 aromatic rings. The van der Waals surface area contributed by atoms with Gasteiger partial charge in [0.2, 0.25) is 0 Å². The molecule has 0 atom stereocenters. The van der Waals surface area contributed by atoms with Crippen molar-refractivity contribution in [2.24, 2.45) is 0 Å². The second kappa shape index (κ2) is 4.52. The summed E-state index contributed by atoms with van der Waals surface area (Å²) < 4.78 is 5.25. The predicted octanol–water partition coefficient (Wildman–Crippen LogP) is 3.33. The van der Waals surface area contributed by atoms with Gasteiger partial charge in [0.15, 0.2) is 0 Å². The highest BCUT2D eigenvalue weighted by Gasteiger charge is 1.92. The minimum atomic E-state index is 0.702. The maximum atomic E-state index is 5.53. The van der Waals surface area contributed by atoms with Crippen LogP contribution in [-0.4, -0.2) is 6.61 Å². The summed E-state index contributed by atoms with van der Waals surface area (Å²) >= 11 is 0. The normalized spacial score (nSPS) is 9.64. The van der Waals surface area contributed by atoms with Gasteiger partial charge in [-0.25, -0.2) is 0 Å². The molecule has 0 spiro atoms. The van der Waals surface area contributed by atoms with Crippen molar-refractivity contribution in [2.75, 3.05) is 6.61 Å². The van der Waals surface area contributed by atoms with E-state index >= 15 is 0 Å². The minimum Gasteiger partial charge on any atom is -0.494 e. The molecule has 0 amide bonds. The SMILES string of the molecule is CCOc1ccc(SCl)cc1. The van der Waals surface area contributed by atoms with E-state index in [1.165, 1.54) is 11.0 Å². The summed E-state index contributed by atoms with van der Waals surface area (Å²) in [4.78, 5) is 1.04. The van der Waals surface area contributed by atoms with Gasteiger partial charge in [0.25, 0.3) is 0 Å². The molecule has 1 nitrogen and oxygen atoms in total. The monoisotopic (exact) mass is 188 g/mol. The molecule has 60 valence electrons. The van der Waals surface area contributed by atoms with Crippen LogP contribution in [0.1, 0.15) is 6.92 Å². The van der Waals surface area contributed by atoms with Crippen LogP contribution in [0.25, 0.3) is 0 Å². The topological polar surface area (TPSA) is 9.23 Å². The molecule has 1 rings (SSSR count). The van der Waals surface area contributed by atoms with E-state index in [0.29, 0.717) is 6.61 Å². The van der Waals surface area contributed by atoms with E-state index < -0.39 is 0 Å². The number of benzene rings is 1. The first-order valence-electron chi connectivity index (χ1n) is 3.38. The van der Waals surface area contributed by atoms with Crippen molar-refractivity contribution in [1.29, 1.82) is 0 Å². The fraction of sp³-hybridized carbons (Fsp3) is 0.250. The van der Waals surface area contributed by atoms with E-state index in [0.717, 1.165) is 10.6 Å². The van der Waals surface area contributed by atoms with Crippen LogP contribution in [0.5, 0.6) is 5.75 Å². The molecule has 0 fully saturated rings. The Kier molecular flexibility index (Phi) is 3.60. The molecule has 0 unspecified atom stereocenters. The van der Waals surface area contributed by atoms with Gasteiger partial charge >= 0.3 is 0 Å². The molecular weight excluding hydrogens is 180 g/mol. The second-order valence-electron chi connectivity index (χ2n) is 1.98. The lowest BCUT2D eigenvalue weighted by molar-refractivity contribution is 0.340. The second-order valence-corrected chi connectivity index (χ2v) is 3.07. The molecule has 3 heteroatoms. The maximum absolute atomic E-state index is 5.53. The van der Waals surface area contributed by atoms with Gasteiger partial charge < -0.3 is 4.74 Å². The van der Waals surface area contributed by atoms with Crippen molar-refractivity contribution < 1.29 is 4.74 Å². The molecule has 0 bridgehead atoms. The molecule has 1 aromatic carbocycles. The Morgan fingerprint density at radius 2 is 2.00 bits per heavy atom. The van der Waals surface area contributed by atoms with Gasteiger partial charge in [0, 0.05) is 4.90 Å². The largest absolute Gasteiger partial charge is 0.494 e. The fourth-order valence-corrected chi connectivity index (χ4v) is 1.30. The van der Waals surface area contributed by atoms with Crippen molar-refractivity contribution in [2.45, 2.75) is 11.8 Å². The van der Waals surface area contributed by atoms with E-state index in [1.54, 1.807) is 0 Å². The highest BCUT2D eigenvalue weighted by atomic mass is 35.7. The Balaban J connectivity index is 2.66. The highest BCUT2D eigenvalue weighted by molar-refractivity contribution is 8.21. The molecular formula is C8H9ClOS. The third kappa shape index (κ3) is 2.64. The molecule has 0 aliphatic carbocycles. The predicted molar refractivity (Wildman–Crippen MR) is 49.3 cm³/mol. The van der Waals surface area contributed by atoms with Gasteiger partial charge in [-0.2, -0.15) is 0 Å². The van der Waals surface area contributed by atoms with Crippen LogP contribution in [0.2, 0.25) is 0 Å². The van der Waals surface area contributed by atoms with Crippen molar-refractivity contribution in [3.8, 4) is 5.75 Å². The first kappa shape index (κ1) is 8.75. The van der Waals surface area contributed by atoms with Gasteiger partial charge in [0.1, 0.15) is 5.75 Å².